The van der Waals surface area contributed by atoms with Gasteiger partial charge in [-0.3, -0.25) is 4.79 Å². The van der Waals surface area contributed by atoms with Crippen molar-refractivity contribution in [2.45, 2.75) is 45.6 Å². The van der Waals surface area contributed by atoms with Crippen molar-refractivity contribution >= 4 is 11.7 Å². The molecule has 1 aromatic heterocycles. The van der Waals surface area contributed by atoms with E-state index >= 15 is 0 Å². The number of hydrogen-bond donors (Lipinski definition) is 1. The second-order valence-corrected chi connectivity index (χ2v) is 8.81. The number of carbonyl (C=O) groups is 1. The smallest absolute Gasteiger partial charge is 0.225 e. The van der Waals surface area contributed by atoms with Gasteiger partial charge in [-0.2, -0.15) is 0 Å². The minimum Gasteiger partial charge on any atom is -0.354 e. The van der Waals surface area contributed by atoms with E-state index in [4.69, 9.17) is 0 Å². The largest absolute Gasteiger partial charge is 0.354 e. The highest BCUT2D eigenvalue weighted by atomic mass is 16.2. The summed E-state index contributed by atoms with van der Waals surface area (Å²) in [7, 11) is 0. The lowest BCUT2D eigenvalue weighted by atomic mass is 9.96. The number of aromatic nitrogens is 2. The highest BCUT2D eigenvalue weighted by molar-refractivity contribution is 5.79. The van der Waals surface area contributed by atoms with Crippen LogP contribution in [-0.4, -0.2) is 35.2 Å². The molecule has 0 unspecified atom stereocenters. The molecule has 1 fully saturated rings. The Morgan fingerprint density at radius 1 is 1.06 bits per heavy atom. The predicted molar refractivity (Wildman–Crippen MR) is 130 cm³/mol. The lowest BCUT2D eigenvalue weighted by Crippen LogP contribution is -2.45. The second kappa shape index (κ2) is 10.4. The third-order valence-electron chi connectivity index (χ3n) is 6.29. The highest BCUT2D eigenvalue weighted by Crippen LogP contribution is 2.25. The number of rotatable bonds is 7. The van der Waals surface area contributed by atoms with Gasteiger partial charge in [-0.25, -0.2) is 0 Å². The first kappa shape index (κ1) is 22.0. The maximum Gasteiger partial charge on any atom is 0.225 e. The molecule has 32 heavy (non-hydrogen) atoms. The SMILES string of the molecule is Cc1ccccc1-c1ccc(N2CCC[C@H](C(=O)N[C@@H](C)CCc3ccccc3)C2)nn1. The fourth-order valence-corrected chi connectivity index (χ4v) is 4.36. The van der Waals surface area contributed by atoms with Crippen LogP contribution in [0.2, 0.25) is 0 Å². The molecule has 2 aromatic carbocycles. The van der Waals surface area contributed by atoms with Gasteiger partial charge in [-0.15, -0.1) is 10.2 Å². The van der Waals surface area contributed by atoms with Gasteiger partial charge in [0.05, 0.1) is 11.6 Å². The summed E-state index contributed by atoms with van der Waals surface area (Å²) in [6.45, 7) is 5.78. The van der Waals surface area contributed by atoms with Crippen LogP contribution in [0.15, 0.2) is 66.7 Å². The number of hydrogen-bond acceptors (Lipinski definition) is 4. The molecule has 1 amide bonds. The zero-order valence-electron chi connectivity index (χ0n) is 19.0. The number of aryl methyl sites for hydroxylation is 2. The van der Waals surface area contributed by atoms with Crippen LogP contribution < -0.4 is 10.2 Å². The van der Waals surface area contributed by atoms with Crippen LogP contribution in [0.25, 0.3) is 11.3 Å². The summed E-state index contributed by atoms with van der Waals surface area (Å²) in [6.07, 6.45) is 3.82. The van der Waals surface area contributed by atoms with Gasteiger partial charge in [-0.05, 0) is 62.8 Å². The van der Waals surface area contributed by atoms with Crippen molar-refractivity contribution in [1.82, 2.24) is 15.5 Å². The van der Waals surface area contributed by atoms with Gasteiger partial charge >= 0.3 is 0 Å². The number of nitrogens with one attached hydrogen (secondary N) is 1. The molecule has 1 aliphatic rings. The summed E-state index contributed by atoms with van der Waals surface area (Å²) in [5.41, 5.74) is 4.48. The normalized spacial score (nSPS) is 17.1. The fourth-order valence-electron chi connectivity index (χ4n) is 4.36. The molecule has 166 valence electrons. The zero-order valence-corrected chi connectivity index (χ0v) is 19.0. The van der Waals surface area contributed by atoms with Gasteiger partial charge in [0.25, 0.3) is 0 Å². The first-order chi connectivity index (χ1) is 15.6. The van der Waals surface area contributed by atoms with Crippen LogP contribution in [0.3, 0.4) is 0 Å². The molecule has 0 radical (unpaired) electrons. The topological polar surface area (TPSA) is 58.1 Å². The Bertz CT molecular complexity index is 1020. The van der Waals surface area contributed by atoms with Crippen molar-refractivity contribution in [2.24, 2.45) is 5.92 Å². The molecule has 0 spiro atoms. The Morgan fingerprint density at radius 3 is 2.59 bits per heavy atom. The van der Waals surface area contributed by atoms with Crippen LogP contribution in [0.4, 0.5) is 5.82 Å². The Balaban J connectivity index is 1.32. The number of benzene rings is 2. The first-order valence-electron chi connectivity index (χ1n) is 11.6. The molecule has 2 heterocycles. The third-order valence-corrected chi connectivity index (χ3v) is 6.29. The summed E-state index contributed by atoms with van der Waals surface area (Å²) in [5, 5.41) is 12.2. The van der Waals surface area contributed by atoms with Crippen molar-refractivity contribution in [3.05, 3.63) is 77.9 Å². The quantitative estimate of drug-likeness (QED) is 0.587. The van der Waals surface area contributed by atoms with E-state index < -0.39 is 0 Å². The van der Waals surface area contributed by atoms with E-state index in [0.717, 1.165) is 49.3 Å². The Morgan fingerprint density at radius 2 is 1.84 bits per heavy atom. The third kappa shape index (κ3) is 5.52. The number of amides is 1. The van der Waals surface area contributed by atoms with Gasteiger partial charge < -0.3 is 10.2 Å². The van der Waals surface area contributed by atoms with E-state index in [9.17, 15) is 4.79 Å². The van der Waals surface area contributed by atoms with Crippen molar-refractivity contribution in [3.8, 4) is 11.3 Å². The van der Waals surface area contributed by atoms with Gasteiger partial charge in [0.15, 0.2) is 5.82 Å². The predicted octanol–water partition coefficient (Wildman–Crippen LogP) is 4.81. The lowest BCUT2D eigenvalue weighted by molar-refractivity contribution is -0.125. The number of piperidine rings is 1. The molecule has 5 nitrogen and oxygen atoms in total. The van der Waals surface area contributed by atoms with E-state index in [2.05, 4.69) is 70.7 Å². The highest BCUT2D eigenvalue weighted by Gasteiger charge is 2.27. The molecule has 0 bridgehead atoms. The monoisotopic (exact) mass is 428 g/mol. The average molecular weight is 429 g/mol. The van der Waals surface area contributed by atoms with Crippen molar-refractivity contribution in [1.29, 1.82) is 0 Å². The van der Waals surface area contributed by atoms with Gasteiger partial charge in [0, 0.05) is 24.7 Å². The second-order valence-electron chi connectivity index (χ2n) is 8.81. The minimum absolute atomic E-state index is 0.0132. The number of anilines is 1. The fraction of sp³-hybridized carbons (Fsp3) is 0.370. The summed E-state index contributed by atoms with van der Waals surface area (Å²) in [4.78, 5) is 15.1. The summed E-state index contributed by atoms with van der Waals surface area (Å²) in [6, 6.07) is 22.8. The standard InChI is InChI=1S/C27H32N4O/c1-20-9-6-7-13-24(20)25-16-17-26(30-29-25)31-18-8-12-23(19-31)27(32)28-21(2)14-15-22-10-4-3-5-11-22/h3-7,9-11,13,16-17,21,23H,8,12,14-15,18-19H2,1-2H3,(H,28,32)/t21-,23-/m0/s1. The molecule has 1 saturated heterocycles. The summed E-state index contributed by atoms with van der Waals surface area (Å²) >= 11 is 0. The van der Waals surface area contributed by atoms with E-state index in [1.165, 1.54) is 11.1 Å². The van der Waals surface area contributed by atoms with Crippen LogP contribution in [0.1, 0.15) is 37.3 Å². The number of nitrogens with zero attached hydrogens (tertiary/aromatic N) is 3. The maximum atomic E-state index is 12.9. The van der Waals surface area contributed by atoms with Crippen molar-refractivity contribution in [2.75, 3.05) is 18.0 Å². The molecule has 2 atom stereocenters. The van der Waals surface area contributed by atoms with Gasteiger partial charge in [-0.1, -0.05) is 54.6 Å². The van der Waals surface area contributed by atoms with E-state index in [-0.39, 0.29) is 17.9 Å². The zero-order chi connectivity index (χ0) is 22.3. The number of carbonyl (C=O) groups excluding carboxylic acids is 1. The Labute approximate surface area is 190 Å². The molecule has 3 aromatic rings. The van der Waals surface area contributed by atoms with E-state index in [1.807, 2.05) is 30.3 Å². The average Bonchev–Trinajstić information content (AvgIpc) is 2.84. The molecule has 0 saturated carbocycles. The summed E-state index contributed by atoms with van der Waals surface area (Å²) < 4.78 is 0. The maximum absolute atomic E-state index is 12.9. The van der Waals surface area contributed by atoms with Crippen LogP contribution >= 0.6 is 0 Å². The van der Waals surface area contributed by atoms with Crippen LogP contribution in [0, 0.1) is 12.8 Å². The lowest BCUT2D eigenvalue weighted by Gasteiger charge is -2.33. The molecular formula is C27H32N4O. The van der Waals surface area contributed by atoms with Crippen molar-refractivity contribution in [3.63, 3.8) is 0 Å². The molecule has 0 aliphatic carbocycles. The first-order valence-corrected chi connectivity index (χ1v) is 11.6. The molecule has 1 N–H and O–H groups in total. The molecular weight excluding hydrogens is 396 g/mol. The van der Waals surface area contributed by atoms with E-state index in [0.29, 0.717) is 6.54 Å². The van der Waals surface area contributed by atoms with Gasteiger partial charge in [0.1, 0.15) is 0 Å². The summed E-state index contributed by atoms with van der Waals surface area (Å²) in [5.74, 6) is 0.984. The van der Waals surface area contributed by atoms with Crippen LogP contribution in [-0.2, 0) is 11.2 Å². The van der Waals surface area contributed by atoms with Crippen molar-refractivity contribution < 1.29 is 4.79 Å². The van der Waals surface area contributed by atoms with Crippen LogP contribution in [0.5, 0.6) is 0 Å². The Kier molecular flexibility index (Phi) is 7.15. The Hall–Kier alpha value is -3.21. The molecule has 1 aliphatic heterocycles. The molecule has 5 heteroatoms. The van der Waals surface area contributed by atoms with Gasteiger partial charge in [0.2, 0.25) is 5.91 Å². The van der Waals surface area contributed by atoms with E-state index in [1.54, 1.807) is 0 Å². The minimum atomic E-state index is -0.0132. The molecule has 4 rings (SSSR count).